The summed E-state index contributed by atoms with van der Waals surface area (Å²) in [7, 11) is 3.34. The molecule has 2 aromatic heterocycles. The number of fused-ring (bicyclic) bond motifs is 2. The number of carbonyl (C=O) groups is 2. The van der Waals surface area contributed by atoms with E-state index in [1.54, 1.807) is 24.0 Å². The fraction of sp³-hybridized carbons (Fsp3) is 0.0455. The highest BCUT2D eigenvalue weighted by Gasteiger charge is 2.35. The maximum atomic E-state index is 14.0. The van der Waals surface area contributed by atoms with Gasteiger partial charge < -0.3 is 14.7 Å². The number of thioether (sulfide) groups is 2. The van der Waals surface area contributed by atoms with E-state index in [9.17, 15) is 9.59 Å². The number of ether oxygens (including phenoxy) is 1. The van der Waals surface area contributed by atoms with Crippen LogP contribution in [0.1, 0.15) is 11.1 Å². The molecule has 268 valence electrons. The van der Waals surface area contributed by atoms with E-state index in [1.807, 2.05) is 134 Å². The first-order valence-corrected chi connectivity index (χ1v) is 19.1. The molecule has 0 unspecified atom stereocenters. The summed E-state index contributed by atoms with van der Waals surface area (Å²) >= 11 is 2.70. The number of benzene rings is 5. The standard InChI is InChI=1S/C44H32N6O3S2/c1-45-43-49(31-9-5-3-6-10-31)41(51)39(54-43)24-28-14-17-37-33(22-28)35(26-47-37)34-25-30(15-18-38(34)53-2)48-44-50(32-11-7-4-8-12-32)42(52)40(55-44)23-27-13-16-36-29(21-27)19-20-46-36/h3-26,46-47H,1-2H3. The topological polar surface area (TPSA) is 106 Å². The van der Waals surface area contributed by atoms with Gasteiger partial charge in [-0.15, -0.1) is 0 Å². The number of nitrogens with zero attached hydrogens (tertiary/aromatic N) is 4. The highest BCUT2D eigenvalue weighted by molar-refractivity contribution is 8.19. The fourth-order valence-corrected chi connectivity index (χ4v) is 8.72. The molecule has 2 aliphatic heterocycles. The van der Waals surface area contributed by atoms with Crippen LogP contribution in [0.5, 0.6) is 5.75 Å². The summed E-state index contributed by atoms with van der Waals surface area (Å²) in [6.45, 7) is 0. The lowest BCUT2D eigenvalue weighted by atomic mass is 10.0. The number of aromatic nitrogens is 2. The van der Waals surface area contributed by atoms with Gasteiger partial charge in [0, 0.05) is 47.0 Å². The number of hydrogen-bond acceptors (Lipinski definition) is 7. The Morgan fingerprint density at radius 3 is 1.96 bits per heavy atom. The molecule has 11 heteroatoms. The first-order valence-electron chi connectivity index (χ1n) is 17.5. The van der Waals surface area contributed by atoms with E-state index in [2.05, 4.69) is 27.1 Å². The van der Waals surface area contributed by atoms with Gasteiger partial charge in [0.1, 0.15) is 5.75 Å². The van der Waals surface area contributed by atoms with Crippen molar-refractivity contribution in [2.75, 3.05) is 24.0 Å². The van der Waals surface area contributed by atoms with E-state index in [-0.39, 0.29) is 11.8 Å². The van der Waals surface area contributed by atoms with Crippen LogP contribution < -0.4 is 14.5 Å². The third-order valence-electron chi connectivity index (χ3n) is 9.41. The SMILES string of the molecule is CN=C1SC(=Cc2ccc3[nH]cc(-c4cc(N=C5SC(=Cc6ccc7[nH]ccc7c6)C(=O)N5c5ccccc5)ccc4OC)c3c2)C(=O)N1c1ccccc1. The third kappa shape index (κ3) is 6.43. The first kappa shape index (κ1) is 34.2. The molecule has 2 aliphatic rings. The number of H-pyrrole nitrogens is 2. The van der Waals surface area contributed by atoms with Crippen molar-refractivity contribution in [2.45, 2.75) is 0 Å². The van der Waals surface area contributed by atoms with Crippen LogP contribution in [0, 0.1) is 0 Å². The smallest absolute Gasteiger partial charge is 0.271 e. The highest BCUT2D eigenvalue weighted by atomic mass is 32.2. The molecular weight excluding hydrogens is 725 g/mol. The molecule has 0 atom stereocenters. The minimum absolute atomic E-state index is 0.118. The Labute approximate surface area is 325 Å². The Morgan fingerprint density at radius 1 is 0.655 bits per heavy atom. The van der Waals surface area contributed by atoms with Gasteiger partial charge in [-0.3, -0.25) is 24.4 Å². The average molecular weight is 757 g/mol. The molecule has 0 aliphatic carbocycles. The second-order valence-corrected chi connectivity index (χ2v) is 14.8. The van der Waals surface area contributed by atoms with Gasteiger partial charge in [0.25, 0.3) is 11.8 Å². The number of amides is 2. The van der Waals surface area contributed by atoms with E-state index in [1.165, 1.54) is 23.5 Å². The molecule has 0 radical (unpaired) electrons. The first-order chi connectivity index (χ1) is 27.0. The lowest BCUT2D eigenvalue weighted by Crippen LogP contribution is -2.28. The Balaban J connectivity index is 1.08. The molecule has 5 aromatic carbocycles. The highest BCUT2D eigenvalue weighted by Crippen LogP contribution is 2.42. The molecule has 2 fully saturated rings. The van der Waals surface area contributed by atoms with Crippen molar-refractivity contribution >= 4 is 96.7 Å². The lowest BCUT2D eigenvalue weighted by Gasteiger charge is -2.16. The van der Waals surface area contributed by atoms with Crippen molar-refractivity contribution in [2.24, 2.45) is 9.98 Å². The largest absolute Gasteiger partial charge is 0.496 e. The molecule has 0 saturated carbocycles. The number of methoxy groups -OCH3 is 1. The number of aliphatic imine (C=N–C) groups is 2. The normalized spacial score (nSPS) is 17.6. The molecule has 55 heavy (non-hydrogen) atoms. The van der Waals surface area contributed by atoms with Gasteiger partial charge in [-0.05, 0) is 125 Å². The minimum atomic E-state index is -0.140. The second kappa shape index (κ2) is 14.3. The van der Waals surface area contributed by atoms with E-state index in [0.29, 0.717) is 31.6 Å². The third-order valence-corrected chi connectivity index (χ3v) is 11.4. The van der Waals surface area contributed by atoms with Gasteiger partial charge in [0.2, 0.25) is 0 Å². The van der Waals surface area contributed by atoms with Crippen LogP contribution in [0.15, 0.2) is 154 Å². The minimum Gasteiger partial charge on any atom is -0.496 e. The quantitative estimate of drug-likeness (QED) is 0.158. The Hall–Kier alpha value is -6.56. The van der Waals surface area contributed by atoms with Crippen LogP contribution in [0.2, 0.25) is 0 Å². The fourth-order valence-electron chi connectivity index (χ4n) is 6.78. The number of anilines is 2. The molecular formula is C44H32N6O3S2. The van der Waals surface area contributed by atoms with Gasteiger partial charge in [0.05, 0.1) is 34.0 Å². The van der Waals surface area contributed by atoms with E-state index in [4.69, 9.17) is 9.73 Å². The molecule has 7 aromatic rings. The number of amidine groups is 2. The summed E-state index contributed by atoms with van der Waals surface area (Å²) in [6.07, 6.45) is 7.69. The summed E-state index contributed by atoms with van der Waals surface area (Å²) in [6, 6.07) is 39.1. The molecule has 9 nitrogen and oxygen atoms in total. The van der Waals surface area contributed by atoms with Crippen molar-refractivity contribution in [3.8, 4) is 16.9 Å². The maximum absolute atomic E-state index is 14.0. The van der Waals surface area contributed by atoms with E-state index < -0.39 is 0 Å². The predicted octanol–water partition coefficient (Wildman–Crippen LogP) is 10.2. The zero-order valence-electron chi connectivity index (χ0n) is 29.7. The van der Waals surface area contributed by atoms with Crippen molar-refractivity contribution in [1.82, 2.24) is 9.97 Å². The summed E-state index contributed by atoms with van der Waals surface area (Å²) < 4.78 is 5.87. The van der Waals surface area contributed by atoms with Crippen LogP contribution in [0.25, 0.3) is 45.1 Å². The summed E-state index contributed by atoms with van der Waals surface area (Å²) in [5, 5.41) is 3.21. The van der Waals surface area contributed by atoms with Gasteiger partial charge >= 0.3 is 0 Å². The van der Waals surface area contributed by atoms with E-state index >= 15 is 0 Å². The predicted molar refractivity (Wildman–Crippen MR) is 228 cm³/mol. The van der Waals surface area contributed by atoms with E-state index in [0.717, 1.165) is 55.4 Å². The number of rotatable bonds is 7. The zero-order chi connectivity index (χ0) is 37.5. The van der Waals surface area contributed by atoms with Crippen molar-refractivity contribution in [3.63, 3.8) is 0 Å². The molecule has 0 spiro atoms. The Bertz CT molecular complexity index is 2770. The maximum Gasteiger partial charge on any atom is 0.271 e. The van der Waals surface area contributed by atoms with Gasteiger partial charge in [-0.1, -0.05) is 48.5 Å². The molecule has 2 N–H and O–H groups in total. The van der Waals surface area contributed by atoms with Crippen LogP contribution in [-0.4, -0.2) is 46.3 Å². The summed E-state index contributed by atoms with van der Waals surface area (Å²) in [5.41, 5.74) is 7.70. The monoisotopic (exact) mass is 756 g/mol. The molecule has 0 bridgehead atoms. The average Bonchev–Trinajstić information content (AvgIpc) is 4.00. The number of nitrogens with one attached hydrogen (secondary N) is 2. The van der Waals surface area contributed by atoms with Crippen LogP contribution in [0.3, 0.4) is 0 Å². The molecule has 4 heterocycles. The number of hydrogen-bond donors (Lipinski definition) is 2. The second-order valence-electron chi connectivity index (χ2n) is 12.8. The van der Waals surface area contributed by atoms with Crippen molar-refractivity contribution in [1.29, 1.82) is 0 Å². The molecule has 2 saturated heterocycles. The Morgan fingerprint density at radius 2 is 1.29 bits per heavy atom. The molecule has 9 rings (SSSR count). The summed E-state index contributed by atoms with van der Waals surface area (Å²) in [4.78, 5) is 48.2. The lowest BCUT2D eigenvalue weighted by molar-refractivity contribution is -0.114. The zero-order valence-corrected chi connectivity index (χ0v) is 31.3. The molecule has 2 amide bonds. The van der Waals surface area contributed by atoms with Crippen LogP contribution in [0.4, 0.5) is 17.1 Å². The number of para-hydroxylation sites is 2. The number of carbonyl (C=O) groups excluding carboxylic acids is 2. The number of aromatic amines is 2. The summed E-state index contributed by atoms with van der Waals surface area (Å²) in [5.74, 6) is 0.416. The van der Waals surface area contributed by atoms with Gasteiger partial charge in [0.15, 0.2) is 10.3 Å². The Kier molecular flexibility index (Phi) is 8.93. The van der Waals surface area contributed by atoms with Gasteiger partial charge in [-0.2, -0.15) is 0 Å². The van der Waals surface area contributed by atoms with Crippen molar-refractivity contribution < 1.29 is 14.3 Å². The van der Waals surface area contributed by atoms with Crippen molar-refractivity contribution in [3.05, 3.63) is 155 Å². The van der Waals surface area contributed by atoms with Crippen LogP contribution >= 0.6 is 23.5 Å². The van der Waals surface area contributed by atoms with Crippen LogP contribution in [-0.2, 0) is 9.59 Å². The van der Waals surface area contributed by atoms with Gasteiger partial charge in [-0.25, -0.2) is 4.99 Å².